The maximum absolute atomic E-state index is 11.6. The van der Waals surface area contributed by atoms with Gasteiger partial charge in [0, 0.05) is 30.9 Å². The van der Waals surface area contributed by atoms with Crippen molar-refractivity contribution in [2.45, 2.75) is 26.3 Å². The molecule has 0 aliphatic heterocycles. The predicted octanol–water partition coefficient (Wildman–Crippen LogP) is 1.65. The highest BCUT2D eigenvalue weighted by Crippen LogP contribution is 2.10. The molecular formula is C13H17N3O. The fraction of sp³-hybridized carbons (Fsp3) is 0.385. The van der Waals surface area contributed by atoms with Crippen LogP contribution in [-0.4, -0.2) is 23.5 Å². The summed E-state index contributed by atoms with van der Waals surface area (Å²) in [5.41, 5.74) is 1.26. The molecule has 0 bridgehead atoms. The average Bonchev–Trinajstić information content (AvgIpc) is 2.30. The van der Waals surface area contributed by atoms with E-state index >= 15 is 0 Å². The number of nitrogens with zero attached hydrogens (tertiary/aromatic N) is 1. The van der Waals surface area contributed by atoms with Crippen LogP contribution in [0.4, 0.5) is 5.69 Å². The molecule has 1 unspecified atom stereocenters. The molecule has 1 aromatic rings. The van der Waals surface area contributed by atoms with Crippen LogP contribution in [0.2, 0.25) is 0 Å². The van der Waals surface area contributed by atoms with Crippen LogP contribution in [0.1, 0.15) is 30.8 Å². The minimum Gasteiger partial charge on any atom is -0.382 e. The number of pyridine rings is 1. The van der Waals surface area contributed by atoms with Crippen molar-refractivity contribution in [3.8, 4) is 12.3 Å². The summed E-state index contributed by atoms with van der Waals surface area (Å²) in [5, 5.41) is 5.92. The molecule has 1 atom stereocenters. The van der Waals surface area contributed by atoms with E-state index in [-0.39, 0.29) is 11.9 Å². The van der Waals surface area contributed by atoms with E-state index in [1.54, 1.807) is 12.3 Å². The van der Waals surface area contributed by atoms with Crippen molar-refractivity contribution in [2.24, 2.45) is 0 Å². The number of nitrogens with one attached hydrogen (secondary N) is 2. The van der Waals surface area contributed by atoms with Crippen molar-refractivity contribution in [1.29, 1.82) is 0 Å². The lowest BCUT2D eigenvalue weighted by atomic mass is 10.2. The lowest BCUT2D eigenvalue weighted by Gasteiger charge is -2.12. The van der Waals surface area contributed by atoms with Gasteiger partial charge in [-0.2, -0.15) is 0 Å². The number of aromatic nitrogens is 1. The zero-order valence-corrected chi connectivity index (χ0v) is 10.2. The summed E-state index contributed by atoms with van der Waals surface area (Å²) in [5.74, 6) is 2.42. The Hall–Kier alpha value is -2.02. The lowest BCUT2D eigenvalue weighted by molar-refractivity contribution is 0.0951. The number of anilines is 1. The zero-order valence-electron chi connectivity index (χ0n) is 10.2. The standard InChI is InChI=1S/C13H17N3O/c1-4-6-10(3)16-11-7-8-15-12(9-11)13(17)14-5-2/h1,7-10H,5-6H2,2-3H3,(H,14,17)(H,15,16). The molecule has 0 saturated heterocycles. The number of terminal acetylenes is 1. The van der Waals surface area contributed by atoms with Gasteiger partial charge >= 0.3 is 0 Å². The molecular weight excluding hydrogens is 214 g/mol. The van der Waals surface area contributed by atoms with Gasteiger partial charge in [0.2, 0.25) is 0 Å². The lowest BCUT2D eigenvalue weighted by Crippen LogP contribution is -2.24. The Balaban J connectivity index is 2.72. The van der Waals surface area contributed by atoms with Crippen LogP contribution in [0.15, 0.2) is 18.3 Å². The Bertz CT molecular complexity index is 423. The summed E-state index contributed by atoms with van der Waals surface area (Å²) < 4.78 is 0. The number of amides is 1. The summed E-state index contributed by atoms with van der Waals surface area (Å²) in [6.45, 7) is 4.45. The molecule has 1 heterocycles. The van der Waals surface area contributed by atoms with Gasteiger partial charge < -0.3 is 10.6 Å². The molecule has 0 aliphatic carbocycles. The first kappa shape index (κ1) is 13.0. The van der Waals surface area contributed by atoms with Crippen molar-refractivity contribution in [3.05, 3.63) is 24.0 Å². The maximum atomic E-state index is 11.6. The summed E-state index contributed by atoms with van der Waals surface area (Å²) in [6, 6.07) is 3.71. The molecule has 0 fully saturated rings. The van der Waals surface area contributed by atoms with Gasteiger partial charge in [0.25, 0.3) is 5.91 Å². The van der Waals surface area contributed by atoms with E-state index in [0.717, 1.165) is 5.69 Å². The van der Waals surface area contributed by atoms with E-state index in [4.69, 9.17) is 6.42 Å². The second-order valence-corrected chi connectivity index (χ2v) is 3.74. The molecule has 0 spiro atoms. The van der Waals surface area contributed by atoms with Crippen molar-refractivity contribution in [1.82, 2.24) is 10.3 Å². The number of carbonyl (C=O) groups excluding carboxylic acids is 1. The fourth-order valence-corrected chi connectivity index (χ4v) is 1.41. The van der Waals surface area contributed by atoms with Crippen LogP contribution in [-0.2, 0) is 0 Å². The molecule has 1 amide bonds. The second kappa shape index (κ2) is 6.54. The molecule has 90 valence electrons. The van der Waals surface area contributed by atoms with Gasteiger partial charge in [0.05, 0.1) is 0 Å². The molecule has 2 N–H and O–H groups in total. The molecule has 0 aliphatic rings. The first-order valence-corrected chi connectivity index (χ1v) is 5.61. The van der Waals surface area contributed by atoms with Gasteiger partial charge in [-0.15, -0.1) is 12.3 Å². The van der Waals surface area contributed by atoms with Gasteiger partial charge in [-0.05, 0) is 26.0 Å². The Kier molecular flexibility index (Phi) is 5.02. The fourth-order valence-electron chi connectivity index (χ4n) is 1.41. The number of carbonyl (C=O) groups is 1. The van der Waals surface area contributed by atoms with Gasteiger partial charge in [0.1, 0.15) is 5.69 Å². The van der Waals surface area contributed by atoms with Crippen molar-refractivity contribution in [3.63, 3.8) is 0 Å². The third-order valence-electron chi connectivity index (χ3n) is 2.17. The number of hydrogen-bond acceptors (Lipinski definition) is 3. The van der Waals surface area contributed by atoms with Crippen LogP contribution in [0.5, 0.6) is 0 Å². The van der Waals surface area contributed by atoms with Crippen molar-refractivity contribution < 1.29 is 4.79 Å². The van der Waals surface area contributed by atoms with Gasteiger partial charge in [-0.25, -0.2) is 0 Å². The highest BCUT2D eigenvalue weighted by Gasteiger charge is 2.07. The van der Waals surface area contributed by atoms with Gasteiger partial charge in [-0.1, -0.05) is 0 Å². The van der Waals surface area contributed by atoms with Crippen LogP contribution in [0.25, 0.3) is 0 Å². The first-order chi connectivity index (χ1) is 8.17. The number of hydrogen-bond donors (Lipinski definition) is 2. The van der Waals surface area contributed by atoms with E-state index in [9.17, 15) is 4.79 Å². The molecule has 17 heavy (non-hydrogen) atoms. The zero-order chi connectivity index (χ0) is 12.7. The third-order valence-corrected chi connectivity index (χ3v) is 2.17. The van der Waals surface area contributed by atoms with E-state index in [1.165, 1.54) is 0 Å². The van der Waals surface area contributed by atoms with Crippen molar-refractivity contribution in [2.75, 3.05) is 11.9 Å². The highest BCUT2D eigenvalue weighted by atomic mass is 16.1. The predicted molar refractivity (Wildman–Crippen MR) is 68.8 cm³/mol. The first-order valence-electron chi connectivity index (χ1n) is 5.61. The second-order valence-electron chi connectivity index (χ2n) is 3.74. The monoisotopic (exact) mass is 231 g/mol. The third kappa shape index (κ3) is 4.15. The Morgan fingerprint density at radius 2 is 2.41 bits per heavy atom. The van der Waals surface area contributed by atoms with E-state index < -0.39 is 0 Å². The minimum atomic E-state index is -0.166. The molecule has 0 aromatic carbocycles. The van der Waals surface area contributed by atoms with Crippen LogP contribution >= 0.6 is 0 Å². The van der Waals surface area contributed by atoms with Gasteiger partial charge in [0.15, 0.2) is 0 Å². The normalized spacial score (nSPS) is 11.4. The molecule has 4 heteroatoms. The summed E-state index contributed by atoms with van der Waals surface area (Å²) in [6.07, 6.45) is 7.48. The molecule has 0 radical (unpaired) electrons. The van der Waals surface area contributed by atoms with Crippen LogP contribution < -0.4 is 10.6 Å². The highest BCUT2D eigenvalue weighted by molar-refractivity contribution is 5.93. The van der Waals surface area contributed by atoms with Crippen LogP contribution in [0.3, 0.4) is 0 Å². The largest absolute Gasteiger partial charge is 0.382 e. The van der Waals surface area contributed by atoms with E-state index in [2.05, 4.69) is 21.5 Å². The topological polar surface area (TPSA) is 54.0 Å². The van der Waals surface area contributed by atoms with Gasteiger partial charge in [-0.3, -0.25) is 9.78 Å². The quantitative estimate of drug-likeness (QED) is 0.758. The van der Waals surface area contributed by atoms with E-state index in [1.807, 2.05) is 19.9 Å². The van der Waals surface area contributed by atoms with E-state index in [0.29, 0.717) is 18.7 Å². The van der Waals surface area contributed by atoms with Crippen LogP contribution in [0, 0.1) is 12.3 Å². The molecule has 4 nitrogen and oxygen atoms in total. The Labute approximate surface area is 102 Å². The summed E-state index contributed by atoms with van der Waals surface area (Å²) in [7, 11) is 0. The Morgan fingerprint density at radius 1 is 1.65 bits per heavy atom. The average molecular weight is 231 g/mol. The smallest absolute Gasteiger partial charge is 0.269 e. The minimum absolute atomic E-state index is 0.166. The molecule has 0 saturated carbocycles. The maximum Gasteiger partial charge on any atom is 0.269 e. The summed E-state index contributed by atoms with van der Waals surface area (Å²) >= 11 is 0. The number of rotatable bonds is 5. The molecule has 1 aromatic heterocycles. The summed E-state index contributed by atoms with van der Waals surface area (Å²) in [4.78, 5) is 15.6. The molecule has 1 rings (SSSR count). The SMILES string of the molecule is C#CCC(C)Nc1ccnc(C(=O)NCC)c1. The Morgan fingerprint density at radius 3 is 3.06 bits per heavy atom. The van der Waals surface area contributed by atoms with Crippen molar-refractivity contribution >= 4 is 11.6 Å².